The predicted molar refractivity (Wildman–Crippen MR) is 71.5 cm³/mol. The number of hydrogen-bond donors (Lipinski definition) is 1. The average Bonchev–Trinajstić information content (AvgIpc) is 2.69. The first-order valence-electron chi connectivity index (χ1n) is 5.02. The van der Waals surface area contributed by atoms with Gasteiger partial charge in [-0.05, 0) is 54.9 Å². The van der Waals surface area contributed by atoms with Crippen molar-refractivity contribution in [3.8, 4) is 17.2 Å². The molecular formula is C11H12IN3O2. The molecule has 1 N–H and O–H groups in total. The lowest BCUT2D eigenvalue weighted by Crippen LogP contribution is -2.11. The number of nitrogens with zero attached hydrogens (tertiary/aromatic N) is 3. The van der Waals surface area contributed by atoms with E-state index in [1.54, 1.807) is 6.07 Å². The second-order valence-corrected chi connectivity index (χ2v) is 5.16. The standard InChI is InChI=1S/C11H12IN3O2/c1-15(2)6-10-13-11(17-14-10)8-5-7(12)3-4-9(8)16/h3-5,16H,6H2,1-2H3. The number of rotatable bonds is 3. The number of phenols is 1. The maximum absolute atomic E-state index is 9.74. The molecule has 0 unspecified atom stereocenters. The Kier molecular flexibility index (Phi) is 3.63. The summed E-state index contributed by atoms with van der Waals surface area (Å²) in [5.74, 6) is 1.09. The van der Waals surface area contributed by atoms with Gasteiger partial charge in [-0.3, -0.25) is 0 Å². The van der Waals surface area contributed by atoms with Crippen molar-refractivity contribution in [2.24, 2.45) is 0 Å². The van der Waals surface area contributed by atoms with Crippen molar-refractivity contribution in [3.63, 3.8) is 0 Å². The van der Waals surface area contributed by atoms with E-state index in [0.29, 0.717) is 23.8 Å². The molecular weight excluding hydrogens is 333 g/mol. The van der Waals surface area contributed by atoms with Gasteiger partial charge in [0.2, 0.25) is 0 Å². The van der Waals surface area contributed by atoms with Gasteiger partial charge in [-0.1, -0.05) is 5.16 Å². The molecule has 0 radical (unpaired) electrons. The molecule has 0 saturated heterocycles. The van der Waals surface area contributed by atoms with E-state index in [2.05, 4.69) is 32.7 Å². The number of benzene rings is 1. The van der Waals surface area contributed by atoms with Crippen molar-refractivity contribution in [3.05, 3.63) is 27.6 Å². The monoisotopic (exact) mass is 345 g/mol. The van der Waals surface area contributed by atoms with Gasteiger partial charge >= 0.3 is 0 Å². The number of halogens is 1. The van der Waals surface area contributed by atoms with Crippen molar-refractivity contribution in [2.45, 2.75) is 6.54 Å². The zero-order chi connectivity index (χ0) is 12.4. The third kappa shape index (κ3) is 2.95. The first-order chi connectivity index (χ1) is 8.06. The highest BCUT2D eigenvalue weighted by Gasteiger charge is 2.13. The van der Waals surface area contributed by atoms with E-state index in [9.17, 15) is 5.11 Å². The number of aromatic hydroxyl groups is 1. The lowest BCUT2D eigenvalue weighted by molar-refractivity contribution is 0.365. The van der Waals surface area contributed by atoms with Crippen LogP contribution in [-0.4, -0.2) is 34.2 Å². The molecule has 0 bridgehead atoms. The molecule has 2 aromatic rings. The van der Waals surface area contributed by atoms with Gasteiger partial charge in [0.15, 0.2) is 5.82 Å². The lowest BCUT2D eigenvalue weighted by atomic mass is 10.2. The summed E-state index contributed by atoms with van der Waals surface area (Å²) in [5.41, 5.74) is 0.564. The fraction of sp³-hybridized carbons (Fsp3) is 0.273. The highest BCUT2D eigenvalue weighted by molar-refractivity contribution is 14.1. The van der Waals surface area contributed by atoms with Crippen molar-refractivity contribution in [1.29, 1.82) is 0 Å². The number of phenolic OH excluding ortho intramolecular Hbond substituents is 1. The molecule has 0 atom stereocenters. The van der Waals surface area contributed by atoms with Crippen LogP contribution in [0.15, 0.2) is 22.7 Å². The van der Waals surface area contributed by atoms with Gasteiger partial charge in [0.1, 0.15) is 5.75 Å². The van der Waals surface area contributed by atoms with E-state index in [-0.39, 0.29) is 5.75 Å². The van der Waals surface area contributed by atoms with Crippen molar-refractivity contribution < 1.29 is 9.63 Å². The van der Waals surface area contributed by atoms with Crippen LogP contribution in [0.1, 0.15) is 5.82 Å². The van der Waals surface area contributed by atoms with Gasteiger partial charge in [-0.15, -0.1) is 0 Å². The SMILES string of the molecule is CN(C)Cc1noc(-c2cc(I)ccc2O)n1. The van der Waals surface area contributed by atoms with Crippen LogP contribution in [-0.2, 0) is 6.54 Å². The van der Waals surface area contributed by atoms with Gasteiger partial charge < -0.3 is 14.5 Å². The summed E-state index contributed by atoms with van der Waals surface area (Å²) in [4.78, 5) is 6.19. The first-order valence-corrected chi connectivity index (χ1v) is 6.10. The van der Waals surface area contributed by atoms with Crippen LogP contribution in [0.3, 0.4) is 0 Å². The summed E-state index contributed by atoms with van der Waals surface area (Å²) in [6.45, 7) is 0.605. The Hall–Kier alpha value is -1.15. The summed E-state index contributed by atoms with van der Waals surface area (Å²) in [7, 11) is 3.86. The van der Waals surface area contributed by atoms with Crippen molar-refractivity contribution in [1.82, 2.24) is 15.0 Å². The van der Waals surface area contributed by atoms with Crippen LogP contribution in [0.25, 0.3) is 11.5 Å². The molecule has 1 heterocycles. The van der Waals surface area contributed by atoms with Crippen LogP contribution in [0.4, 0.5) is 0 Å². The van der Waals surface area contributed by atoms with E-state index >= 15 is 0 Å². The minimum absolute atomic E-state index is 0.144. The maximum Gasteiger partial charge on any atom is 0.261 e. The zero-order valence-corrected chi connectivity index (χ0v) is 11.7. The van der Waals surface area contributed by atoms with E-state index in [4.69, 9.17) is 4.52 Å². The van der Waals surface area contributed by atoms with Crippen LogP contribution in [0, 0.1) is 3.57 Å². The smallest absolute Gasteiger partial charge is 0.261 e. The molecule has 1 aromatic carbocycles. The largest absolute Gasteiger partial charge is 0.507 e. The van der Waals surface area contributed by atoms with Crippen molar-refractivity contribution in [2.75, 3.05) is 14.1 Å². The molecule has 0 saturated carbocycles. The third-order valence-electron chi connectivity index (χ3n) is 2.11. The molecule has 0 aliphatic carbocycles. The van der Waals surface area contributed by atoms with E-state index < -0.39 is 0 Å². The zero-order valence-electron chi connectivity index (χ0n) is 9.51. The molecule has 0 fully saturated rings. The molecule has 0 aliphatic heterocycles. The molecule has 0 amide bonds. The van der Waals surface area contributed by atoms with Gasteiger partial charge in [-0.25, -0.2) is 0 Å². The van der Waals surface area contributed by atoms with Crippen LogP contribution >= 0.6 is 22.6 Å². The lowest BCUT2D eigenvalue weighted by Gasteiger charge is -2.03. The maximum atomic E-state index is 9.74. The van der Waals surface area contributed by atoms with E-state index in [1.165, 1.54) is 0 Å². The molecule has 1 aromatic heterocycles. The fourth-order valence-corrected chi connectivity index (χ4v) is 1.88. The van der Waals surface area contributed by atoms with Crippen LogP contribution in [0.2, 0.25) is 0 Å². The minimum Gasteiger partial charge on any atom is -0.507 e. The summed E-state index contributed by atoms with van der Waals surface area (Å²) in [6, 6.07) is 5.24. The third-order valence-corrected chi connectivity index (χ3v) is 2.79. The second kappa shape index (κ2) is 5.01. The van der Waals surface area contributed by atoms with E-state index in [0.717, 1.165) is 3.57 Å². The Bertz CT molecular complexity index is 525. The normalized spacial score (nSPS) is 11.1. The Morgan fingerprint density at radius 2 is 2.18 bits per heavy atom. The van der Waals surface area contributed by atoms with Crippen LogP contribution < -0.4 is 0 Å². The number of hydrogen-bond acceptors (Lipinski definition) is 5. The van der Waals surface area contributed by atoms with E-state index in [1.807, 2.05) is 31.1 Å². The van der Waals surface area contributed by atoms with Gasteiger partial charge in [0.05, 0.1) is 12.1 Å². The molecule has 90 valence electrons. The average molecular weight is 345 g/mol. The second-order valence-electron chi connectivity index (χ2n) is 3.92. The first kappa shape index (κ1) is 12.3. The summed E-state index contributed by atoms with van der Waals surface area (Å²) >= 11 is 2.17. The summed E-state index contributed by atoms with van der Waals surface area (Å²) in [5, 5.41) is 13.6. The summed E-state index contributed by atoms with van der Waals surface area (Å²) < 4.78 is 6.14. The highest BCUT2D eigenvalue weighted by Crippen LogP contribution is 2.29. The molecule has 2 rings (SSSR count). The van der Waals surface area contributed by atoms with Gasteiger partial charge in [0, 0.05) is 3.57 Å². The molecule has 0 spiro atoms. The molecule has 6 heteroatoms. The van der Waals surface area contributed by atoms with Gasteiger partial charge in [-0.2, -0.15) is 4.98 Å². The Morgan fingerprint density at radius 3 is 2.88 bits per heavy atom. The fourth-order valence-electron chi connectivity index (χ4n) is 1.39. The molecule has 0 aliphatic rings. The topological polar surface area (TPSA) is 62.4 Å². The van der Waals surface area contributed by atoms with Crippen LogP contribution in [0.5, 0.6) is 5.75 Å². The Morgan fingerprint density at radius 1 is 1.41 bits per heavy atom. The Balaban J connectivity index is 2.33. The summed E-state index contributed by atoms with van der Waals surface area (Å²) in [6.07, 6.45) is 0. The quantitative estimate of drug-likeness (QED) is 0.864. The van der Waals surface area contributed by atoms with Crippen molar-refractivity contribution >= 4 is 22.6 Å². The Labute approximate surface area is 113 Å². The highest BCUT2D eigenvalue weighted by atomic mass is 127. The minimum atomic E-state index is 0.144. The number of aromatic nitrogens is 2. The molecule has 5 nitrogen and oxygen atoms in total. The van der Waals surface area contributed by atoms with Gasteiger partial charge in [0.25, 0.3) is 5.89 Å². The molecule has 17 heavy (non-hydrogen) atoms. The predicted octanol–water partition coefficient (Wildman–Crippen LogP) is 2.11.